The molecule has 1 rings (SSSR count). The van der Waals surface area contributed by atoms with E-state index < -0.39 is 15.9 Å². The van der Waals surface area contributed by atoms with Gasteiger partial charge in [0, 0.05) is 19.3 Å². The molecule has 0 saturated carbocycles. The Hall–Kier alpha value is -1.11. The number of benzene rings is 1. The summed E-state index contributed by atoms with van der Waals surface area (Å²) in [6.07, 6.45) is 0.518. The summed E-state index contributed by atoms with van der Waals surface area (Å²) in [5, 5.41) is 12.6. The van der Waals surface area contributed by atoms with E-state index >= 15 is 0 Å². The van der Waals surface area contributed by atoms with E-state index in [0.717, 1.165) is 16.9 Å². The minimum atomic E-state index is -2.96. The van der Waals surface area contributed by atoms with E-state index in [2.05, 4.69) is 11.4 Å². The highest BCUT2D eigenvalue weighted by Gasteiger charge is 2.07. The van der Waals surface area contributed by atoms with Crippen LogP contribution in [-0.4, -0.2) is 51.3 Å². The fourth-order valence-electron chi connectivity index (χ4n) is 1.79. The van der Waals surface area contributed by atoms with E-state index in [4.69, 9.17) is 4.74 Å². The first kappa shape index (κ1) is 16.9. The quantitative estimate of drug-likeness (QED) is 0.691. The van der Waals surface area contributed by atoms with Crippen LogP contribution in [0.5, 0.6) is 5.75 Å². The summed E-state index contributed by atoms with van der Waals surface area (Å²) >= 11 is 0. The van der Waals surface area contributed by atoms with Crippen molar-refractivity contribution in [1.29, 1.82) is 0 Å². The fourth-order valence-corrected chi connectivity index (χ4v) is 2.31. The molecule has 114 valence electrons. The van der Waals surface area contributed by atoms with Gasteiger partial charge in [0.15, 0.2) is 0 Å². The Labute approximate surface area is 120 Å². The first-order valence-electron chi connectivity index (χ1n) is 6.54. The molecule has 2 N–H and O–H groups in total. The molecule has 0 aliphatic rings. The van der Waals surface area contributed by atoms with Gasteiger partial charge in [0.2, 0.25) is 0 Å². The summed E-state index contributed by atoms with van der Waals surface area (Å²) < 4.78 is 27.4. The molecule has 0 amide bonds. The molecule has 0 aliphatic heterocycles. The Morgan fingerprint density at radius 1 is 1.25 bits per heavy atom. The van der Waals surface area contributed by atoms with Crippen molar-refractivity contribution in [3.05, 3.63) is 29.3 Å². The first-order chi connectivity index (χ1) is 9.26. The Balaban J connectivity index is 2.27. The van der Waals surface area contributed by atoms with Gasteiger partial charge in [-0.05, 0) is 37.1 Å². The molecule has 1 unspecified atom stereocenters. The SMILES string of the molecule is Cc1cc(C)cc(OCC(O)CNCCS(C)(=O)=O)c1. The molecule has 1 atom stereocenters. The van der Waals surface area contributed by atoms with Crippen LogP contribution in [0.3, 0.4) is 0 Å². The predicted molar refractivity (Wildman–Crippen MR) is 80.0 cm³/mol. The van der Waals surface area contributed by atoms with Crippen molar-refractivity contribution in [3.63, 3.8) is 0 Å². The molecular weight excluding hydrogens is 278 g/mol. The molecule has 1 aromatic rings. The van der Waals surface area contributed by atoms with Gasteiger partial charge in [-0.1, -0.05) is 6.07 Å². The van der Waals surface area contributed by atoms with E-state index in [1.165, 1.54) is 6.26 Å². The number of aryl methyl sites for hydroxylation is 2. The lowest BCUT2D eigenvalue weighted by atomic mass is 10.1. The van der Waals surface area contributed by atoms with Crippen LogP contribution in [0.1, 0.15) is 11.1 Å². The first-order valence-corrected chi connectivity index (χ1v) is 8.60. The highest BCUT2D eigenvalue weighted by molar-refractivity contribution is 7.90. The van der Waals surface area contributed by atoms with Crippen LogP contribution in [0, 0.1) is 13.8 Å². The summed E-state index contributed by atoms with van der Waals surface area (Å²) in [5.74, 6) is 0.801. The minimum absolute atomic E-state index is 0.0671. The molecule has 0 bridgehead atoms. The molecule has 0 radical (unpaired) electrons. The maximum atomic E-state index is 10.9. The minimum Gasteiger partial charge on any atom is -0.491 e. The average Bonchev–Trinajstić information content (AvgIpc) is 2.30. The van der Waals surface area contributed by atoms with Crippen LogP contribution < -0.4 is 10.1 Å². The van der Waals surface area contributed by atoms with Crippen LogP contribution in [0.15, 0.2) is 18.2 Å². The molecule has 20 heavy (non-hydrogen) atoms. The molecule has 6 heteroatoms. The predicted octanol–water partition coefficient (Wildman–Crippen LogP) is 0.677. The van der Waals surface area contributed by atoms with E-state index in [0.29, 0.717) is 13.1 Å². The van der Waals surface area contributed by atoms with Crippen molar-refractivity contribution in [3.8, 4) is 5.75 Å². The van der Waals surface area contributed by atoms with Gasteiger partial charge in [-0.2, -0.15) is 0 Å². The third-order valence-corrected chi connectivity index (χ3v) is 3.61. The van der Waals surface area contributed by atoms with Crippen LogP contribution >= 0.6 is 0 Å². The van der Waals surface area contributed by atoms with Gasteiger partial charge < -0.3 is 15.2 Å². The Kier molecular flexibility index (Phi) is 6.45. The molecule has 0 fully saturated rings. The second kappa shape index (κ2) is 7.61. The molecule has 0 saturated heterocycles. The topological polar surface area (TPSA) is 75.6 Å². The average molecular weight is 301 g/mol. The smallest absolute Gasteiger partial charge is 0.148 e. The third-order valence-electron chi connectivity index (χ3n) is 2.67. The molecule has 0 spiro atoms. The van der Waals surface area contributed by atoms with Crippen molar-refractivity contribution in [1.82, 2.24) is 5.32 Å². The summed E-state index contributed by atoms with van der Waals surface area (Å²) in [6, 6.07) is 5.88. The molecule has 1 aromatic carbocycles. The van der Waals surface area contributed by atoms with E-state index in [1.807, 2.05) is 26.0 Å². The van der Waals surface area contributed by atoms with Gasteiger partial charge in [0.05, 0.1) is 5.75 Å². The summed E-state index contributed by atoms with van der Waals surface area (Å²) in [6.45, 7) is 4.79. The van der Waals surface area contributed by atoms with Crippen LogP contribution in [0.2, 0.25) is 0 Å². The lowest BCUT2D eigenvalue weighted by Crippen LogP contribution is -2.34. The van der Waals surface area contributed by atoms with E-state index in [1.54, 1.807) is 0 Å². The Bertz CT molecular complexity index is 508. The molecule has 0 heterocycles. The molecular formula is C14H23NO4S. The molecule has 5 nitrogen and oxygen atoms in total. The van der Waals surface area contributed by atoms with Crippen molar-refractivity contribution in [2.45, 2.75) is 20.0 Å². The number of hydrogen-bond acceptors (Lipinski definition) is 5. The zero-order chi connectivity index (χ0) is 15.2. The summed E-state index contributed by atoms with van der Waals surface area (Å²) in [5.41, 5.74) is 2.22. The van der Waals surface area contributed by atoms with Gasteiger partial charge in [0.25, 0.3) is 0 Å². The molecule has 0 aliphatic carbocycles. The highest BCUT2D eigenvalue weighted by Crippen LogP contribution is 2.16. The van der Waals surface area contributed by atoms with Gasteiger partial charge in [-0.3, -0.25) is 0 Å². The fraction of sp³-hybridized carbons (Fsp3) is 0.571. The maximum absolute atomic E-state index is 10.9. The monoisotopic (exact) mass is 301 g/mol. The van der Waals surface area contributed by atoms with E-state index in [-0.39, 0.29) is 12.4 Å². The number of aliphatic hydroxyl groups is 1. The number of aliphatic hydroxyl groups excluding tert-OH is 1. The molecule has 0 aromatic heterocycles. The van der Waals surface area contributed by atoms with Crippen molar-refractivity contribution >= 4 is 9.84 Å². The second-order valence-electron chi connectivity index (χ2n) is 5.12. The number of nitrogens with one attached hydrogen (secondary N) is 1. The van der Waals surface area contributed by atoms with Crippen LogP contribution in [0.25, 0.3) is 0 Å². The third kappa shape index (κ3) is 7.47. The van der Waals surface area contributed by atoms with Crippen LogP contribution in [0.4, 0.5) is 0 Å². The van der Waals surface area contributed by atoms with Crippen LogP contribution in [-0.2, 0) is 9.84 Å². The maximum Gasteiger partial charge on any atom is 0.148 e. The van der Waals surface area contributed by atoms with Gasteiger partial charge >= 0.3 is 0 Å². The zero-order valence-electron chi connectivity index (χ0n) is 12.2. The largest absolute Gasteiger partial charge is 0.491 e. The summed E-state index contributed by atoms with van der Waals surface area (Å²) in [4.78, 5) is 0. The summed E-state index contributed by atoms with van der Waals surface area (Å²) in [7, 11) is -2.96. The number of hydrogen-bond donors (Lipinski definition) is 2. The number of rotatable bonds is 8. The highest BCUT2D eigenvalue weighted by atomic mass is 32.2. The standard InChI is InChI=1S/C14H23NO4S/c1-11-6-12(2)8-14(7-11)19-10-13(16)9-15-4-5-20(3,17)18/h6-8,13,15-16H,4-5,9-10H2,1-3H3. The Morgan fingerprint density at radius 3 is 2.40 bits per heavy atom. The lowest BCUT2D eigenvalue weighted by molar-refractivity contribution is 0.107. The van der Waals surface area contributed by atoms with Crippen molar-refractivity contribution < 1.29 is 18.3 Å². The second-order valence-corrected chi connectivity index (χ2v) is 7.38. The van der Waals surface area contributed by atoms with Crippen molar-refractivity contribution in [2.75, 3.05) is 31.7 Å². The van der Waals surface area contributed by atoms with E-state index in [9.17, 15) is 13.5 Å². The van der Waals surface area contributed by atoms with Gasteiger partial charge in [-0.15, -0.1) is 0 Å². The zero-order valence-corrected chi connectivity index (χ0v) is 13.0. The number of ether oxygens (including phenoxy) is 1. The van der Waals surface area contributed by atoms with Gasteiger partial charge in [-0.25, -0.2) is 8.42 Å². The Morgan fingerprint density at radius 2 is 1.85 bits per heavy atom. The van der Waals surface area contributed by atoms with Crippen molar-refractivity contribution in [2.24, 2.45) is 0 Å². The normalized spacial score (nSPS) is 13.2. The number of sulfone groups is 1. The lowest BCUT2D eigenvalue weighted by Gasteiger charge is -2.14. The van der Waals surface area contributed by atoms with Gasteiger partial charge in [0.1, 0.15) is 28.3 Å².